The Morgan fingerprint density at radius 1 is 1.05 bits per heavy atom. The van der Waals surface area contributed by atoms with Gasteiger partial charge in [0.2, 0.25) is 0 Å². The third-order valence-electron chi connectivity index (χ3n) is 3.95. The Morgan fingerprint density at radius 3 is 2.45 bits per heavy atom. The molecule has 0 aliphatic rings. The van der Waals surface area contributed by atoms with Gasteiger partial charge < -0.3 is 5.32 Å². The summed E-state index contributed by atoms with van der Waals surface area (Å²) in [7, 11) is 2.05. The van der Waals surface area contributed by atoms with Crippen LogP contribution in [0.25, 0.3) is 0 Å². The highest BCUT2D eigenvalue weighted by Crippen LogP contribution is 2.20. The first-order valence-electron chi connectivity index (χ1n) is 7.43. The summed E-state index contributed by atoms with van der Waals surface area (Å²) in [6.45, 7) is 2.26. The van der Waals surface area contributed by atoms with Crippen LogP contribution in [0.4, 0.5) is 0 Å². The maximum absolute atomic E-state index is 4.47. The first kappa shape index (κ1) is 14.7. The lowest BCUT2D eigenvalue weighted by molar-refractivity contribution is 0.437. The Bertz CT molecular complexity index is 481. The van der Waals surface area contributed by atoms with Crippen molar-refractivity contribution >= 4 is 0 Å². The van der Waals surface area contributed by atoms with Crippen LogP contribution in [0.5, 0.6) is 0 Å². The molecule has 0 bridgehead atoms. The van der Waals surface area contributed by atoms with Gasteiger partial charge in [0.25, 0.3) is 0 Å². The average Bonchev–Trinajstić information content (AvgIpc) is 2.53. The summed E-state index contributed by atoms with van der Waals surface area (Å²) in [5, 5.41) is 3.45. The van der Waals surface area contributed by atoms with Crippen molar-refractivity contribution in [2.75, 3.05) is 7.05 Å². The maximum Gasteiger partial charge on any atom is 0.0447 e. The maximum atomic E-state index is 4.47. The number of hydrogen-bond acceptors (Lipinski definition) is 2. The van der Waals surface area contributed by atoms with Gasteiger partial charge in [0, 0.05) is 23.9 Å². The van der Waals surface area contributed by atoms with E-state index in [1.165, 1.54) is 24.1 Å². The highest BCUT2D eigenvalue weighted by molar-refractivity contribution is 5.15. The summed E-state index contributed by atoms with van der Waals surface area (Å²) in [5.41, 5.74) is 2.60. The van der Waals surface area contributed by atoms with Gasteiger partial charge >= 0.3 is 0 Å². The Morgan fingerprint density at radius 2 is 1.80 bits per heavy atom. The molecule has 0 saturated carbocycles. The second-order valence-corrected chi connectivity index (χ2v) is 5.32. The van der Waals surface area contributed by atoms with Crippen molar-refractivity contribution in [3.8, 4) is 0 Å². The Hall–Kier alpha value is -1.67. The summed E-state index contributed by atoms with van der Waals surface area (Å²) in [5.74, 6) is 0.442. The summed E-state index contributed by atoms with van der Waals surface area (Å²) in [4.78, 5) is 4.47. The Balaban J connectivity index is 1.86. The van der Waals surface area contributed by atoms with Gasteiger partial charge in [-0.1, -0.05) is 43.3 Å². The van der Waals surface area contributed by atoms with E-state index in [0.29, 0.717) is 12.0 Å². The number of nitrogens with zero attached hydrogens (tertiary/aromatic N) is 1. The van der Waals surface area contributed by atoms with E-state index in [1.54, 1.807) is 0 Å². The molecule has 2 atom stereocenters. The number of aromatic nitrogens is 1. The van der Waals surface area contributed by atoms with E-state index < -0.39 is 0 Å². The van der Waals surface area contributed by atoms with E-state index >= 15 is 0 Å². The Kier molecular flexibility index (Phi) is 5.75. The van der Waals surface area contributed by atoms with Gasteiger partial charge in [-0.05, 0) is 44.0 Å². The molecule has 2 nitrogen and oxygen atoms in total. The molecule has 2 heteroatoms. The Labute approximate surface area is 122 Å². The molecule has 1 aromatic carbocycles. The SMILES string of the molecule is CNC(CCCc1ccccc1)C(C)c1ccccn1. The van der Waals surface area contributed by atoms with Crippen LogP contribution in [0.2, 0.25) is 0 Å². The van der Waals surface area contributed by atoms with Crippen molar-refractivity contribution in [1.82, 2.24) is 10.3 Å². The topological polar surface area (TPSA) is 24.9 Å². The molecule has 1 aromatic heterocycles. The number of hydrogen-bond donors (Lipinski definition) is 1. The van der Waals surface area contributed by atoms with E-state index in [0.717, 1.165) is 6.42 Å². The van der Waals surface area contributed by atoms with Gasteiger partial charge in [0.1, 0.15) is 0 Å². The molecule has 20 heavy (non-hydrogen) atoms. The molecule has 106 valence electrons. The molecule has 0 spiro atoms. The number of aryl methyl sites for hydroxylation is 1. The lowest BCUT2D eigenvalue weighted by atomic mass is 9.92. The number of rotatable bonds is 7. The average molecular weight is 268 g/mol. The van der Waals surface area contributed by atoms with E-state index in [2.05, 4.69) is 59.7 Å². The number of likely N-dealkylation sites (N-methyl/N-ethyl adjacent to an activating group) is 1. The molecule has 2 rings (SSSR count). The van der Waals surface area contributed by atoms with Crippen molar-refractivity contribution in [3.63, 3.8) is 0 Å². The highest BCUT2D eigenvalue weighted by atomic mass is 14.9. The van der Waals surface area contributed by atoms with Crippen LogP contribution in [0, 0.1) is 0 Å². The summed E-state index contributed by atoms with van der Waals surface area (Å²) < 4.78 is 0. The normalized spacial score (nSPS) is 13.9. The fourth-order valence-electron chi connectivity index (χ4n) is 2.67. The second kappa shape index (κ2) is 7.81. The van der Waals surface area contributed by atoms with Crippen molar-refractivity contribution in [1.29, 1.82) is 0 Å². The van der Waals surface area contributed by atoms with E-state index in [4.69, 9.17) is 0 Å². The van der Waals surface area contributed by atoms with Gasteiger partial charge in [-0.3, -0.25) is 4.98 Å². The predicted molar refractivity (Wildman–Crippen MR) is 84.9 cm³/mol. The number of nitrogens with one attached hydrogen (secondary N) is 1. The van der Waals surface area contributed by atoms with Crippen molar-refractivity contribution in [2.24, 2.45) is 0 Å². The monoisotopic (exact) mass is 268 g/mol. The molecule has 0 fully saturated rings. The minimum atomic E-state index is 0.442. The summed E-state index contributed by atoms with van der Waals surface area (Å²) in [6.07, 6.45) is 5.40. The van der Waals surface area contributed by atoms with Crippen LogP contribution < -0.4 is 5.32 Å². The van der Waals surface area contributed by atoms with Crippen LogP contribution in [0.15, 0.2) is 54.7 Å². The lowest BCUT2D eigenvalue weighted by Crippen LogP contribution is -2.31. The van der Waals surface area contributed by atoms with Gasteiger partial charge in [-0.2, -0.15) is 0 Å². The predicted octanol–water partition coefficient (Wildman–Crippen LogP) is 3.80. The van der Waals surface area contributed by atoms with Gasteiger partial charge in [0.15, 0.2) is 0 Å². The smallest absolute Gasteiger partial charge is 0.0447 e. The minimum Gasteiger partial charge on any atom is -0.316 e. The first-order chi connectivity index (χ1) is 9.81. The second-order valence-electron chi connectivity index (χ2n) is 5.32. The quantitative estimate of drug-likeness (QED) is 0.826. The van der Waals surface area contributed by atoms with Crippen molar-refractivity contribution in [2.45, 2.75) is 38.1 Å². The first-order valence-corrected chi connectivity index (χ1v) is 7.43. The van der Waals surface area contributed by atoms with Crippen LogP contribution in [-0.2, 0) is 6.42 Å². The molecular formula is C18H24N2. The molecule has 1 heterocycles. The molecule has 2 aromatic rings. The molecule has 1 N–H and O–H groups in total. The molecule has 0 saturated heterocycles. The molecular weight excluding hydrogens is 244 g/mol. The summed E-state index contributed by atoms with van der Waals surface area (Å²) in [6, 6.07) is 17.3. The lowest BCUT2D eigenvalue weighted by Gasteiger charge is -2.23. The minimum absolute atomic E-state index is 0.442. The fraction of sp³-hybridized carbons (Fsp3) is 0.389. The van der Waals surface area contributed by atoms with E-state index in [9.17, 15) is 0 Å². The molecule has 0 amide bonds. The van der Waals surface area contributed by atoms with Crippen LogP contribution >= 0.6 is 0 Å². The van der Waals surface area contributed by atoms with Crippen LogP contribution in [0.3, 0.4) is 0 Å². The van der Waals surface area contributed by atoms with Crippen LogP contribution in [0.1, 0.15) is 36.9 Å². The number of benzene rings is 1. The molecule has 2 unspecified atom stereocenters. The van der Waals surface area contributed by atoms with E-state index in [-0.39, 0.29) is 0 Å². The highest BCUT2D eigenvalue weighted by Gasteiger charge is 2.17. The zero-order valence-electron chi connectivity index (χ0n) is 12.4. The zero-order valence-corrected chi connectivity index (χ0v) is 12.4. The zero-order chi connectivity index (χ0) is 14.2. The largest absolute Gasteiger partial charge is 0.316 e. The van der Waals surface area contributed by atoms with E-state index in [1.807, 2.05) is 19.3 Å². The van der Waals surface area contributed by atoms with Gasteiger partial charge in [-0.25, -0.2) is 0 Å². The third kappa shape index (κ3) is 4.17. The number of pyridine rings is 1. The van der Waals surface area contributed by atoms with Crippen LogP contribution in [-0.4, -0.2) is 18.1 Å². The van der Waals surface area contributed by atoms with Crippen molar-refractivity contribution < 1.29 is 0 Å². The van der Waals surface area contributed by atoms with Crippen molar-refractivity contribution in [3.05, 3.63) is 66.0 Å². The molecule has 0 aliphatic heterocycles. The third-order valence-corrected chi connectivity index (χ3v) is 3.95. The fourth-order valence-corrected chi connectivity index (χ4v) is 2.67. The van der Waals surface area contributed by atoms with Gasteiger partial charge in [0.05, 0.1) is 0 Å². The standard InChI is InChI=1S/C18H24N2/c1-15(18-12-6-7-14-20-18)17(19-2)13-8-11-16-9-4-3-5-10-16/h3-7,9-10,12,14-15,17,19H,8,11,13H2,1-2H3. The molecule has 0 aliphatic carbocycles. The summed E-state index contributed by atoms with van der Waals surface area (Å²) >= 11 is 0. The van der Waals surface area contributed by atoms with Gasteiger partial charge in [-0.15, -0.1) is 0 Å². The molecule has 0 radical (unpaired) electrons.